The summed E-state index contributed by atoms with van der Waals surface area (Å²) in [5.74, 6) is 0.490. The lowest BCUT2D eigenvalue weighted by Gasteiger charge is -2.15. The molecule has 8 heteroatoms. The van der Waals surface area contributed by atoms with Crippen molar-refractivity contribution >= 4 is 22.7 Å². The van der Waals surface area contributed by atoms with Crippen LogP contribution in [0.1, 0.15) is 11.1 Å². The number of pyridine rings is 1. The highest BCUT2D eigenvalue weighted by Crippen LogP contribution is 2.60. The van der Waals surface area contributed by atoms with Crippen molar-refractivity contribution in [1.82, 2.24) is 4.98 Å². The molecule has 0 saturated carbocycles. The number of nitrogens with two attached hydrogens (primary N) is 1. The highest BCUT2D eigenvalue weighted by Gasteiger charge is 2.23. The van der Waals surface area contributed by atoms with Crippen molar-refractivity contribution in [2.75, 3.05) is 11.9 Å². The number of hydrogen-bond acceptors (Lipinski definition) is 4. The van der Waals surface area contributed by atoms with Gasteiger partial charge < -0.3 is 16.2 Å². The fraction of sp³-hybridized carbons (Fsp3) is 0.214. The minimum Gasteiger partial charge on any atom is -0.392 e. The van der Waals surface area contributed by atoms with Crippen LogP contribution in [0.4, 0.5) is 23.2 Å². The summed E-state index contributed by atoms with van der Waals surface area (Å²) >= 11 is -5.21. The number of halogens is 3. The van der Waals surface area contributed by atoms with Gasteiger partial charge in [0, 0.05) is 17.4 Å². The fourth-order valence-corrected chi connectivity index (χ4v) is 2.49. The molecule has 22 heavy (non-hydrogen) atoms. The van der Waals surface area contributed by atoms with Crippen LogP contribution in [0.15, 0.2) is 41.4 Å². The van der Waals surface area contributed by atoms with Crippen molar-refractivity contribution in [2.45, 2.75) is 17.9 Å². The number of hydrogen-bond donors (Lipinski definition) is 3. The zero-order chi connectivity index (χ0) is 16.2. The minimum atomic E-state index is -5.21. The van der Waals surface area contributed by atoms with Gasteiger partial charge >= 0.3 is 0 Å². The lowest BCUT2D eigenvalue weighted by atomic mass is 10.1. The lowest BCUT2D eigenvalue weighted by Crippen LogP contribution is -2.09. The van der Waals surface area contributed by atoms with Crippen LogP contribution < -0.4 is 11.1 Å². The molecule has 0 spiro atoms. The minimum absolute atomic E-state index is 0.150. The molecule has 0 bridgehead atoms. The maximum atomic E-state index is 12.6. The number of aromatic nitrogens is 1. The topological polar surface area (TPSA) is 71.2 Å². The largest absolute Gasteiger partial charge is 0.392 e. The van der Waals surface area contributed by atoms with Gasteiger partial charge in [0.2, 0.25) is 11.2 Å². The highest BCUT2D eigenvalue weighted by molar-refractivity contribution is 8.20. The number of nitrogens with one attached hydrogen (secondary N) is 1. The van der Waals surface area contributed by atoms with Crippen molar-refractivity contribution in [1.29, 1.82) is 0 Å². The Hall–Kier alpha value is -1.77. The fourth-order valence-electron chi connectivity index (χ4n) is 2.04. The van der Waals surface area contributed by atoms with Crippen LogP contribution >= 0.6 is 11.2 Å². The molecule has 0 aliphatic heterocycles. The average molecular weight is 331 g/mol. The molecule has 0 atom stereocenters. The Morgan fingerprint density at radius 1 is 1.14 bits per heavy atom. The highest BCUT2D eigenvalue weighted by atomic mass is 32.3. The molecule has 0 saturated heterocycles. The van der Waals surface area contributed by atoms with Crippen molar-refractivity contribution in [3.63, 3.8) is 0 Å². The van der Waals surface area contributed by atoms with Gasteiger partial charge in [-0.1, -0.05) is 0 Å². The SMILES string of the molecule is NCCc1c(CO)ccnc1Nc1ccc(S(F)(F)F)cc1. The Kier molecular flexibility index (Phi) is 5.28. The molecule has 2 rings (SSSR count). The molecule has 2 aromatic rings. The molecule has 1 aromatic heterocycles. The third kappa shape index (κ3) is 3.90. The first-order valence-corrected chi connectivity index (χ1v) is 7.86. The van der Waals surface area contributed by atoms with Crippen LogP contribution in [-0.4, -0.2) is 16.6 Å². The van der Waals surface area contributed by atoms with E-state index in [1.165, 1.54) is 18.3 Å². The molecule has 0 unspecified atom stereocenters. The van der Waals surface area contributed by atoms with E-state index >= 15 is 0 Å². The predicted molar refractivity (Wildman–Crippen MR) is 81.8 cm³/mol. The van der Waals surface area contributed by atoms with E-state index in [9.17, 15) is 16.8 Å². The second-order valence-corrected chi connectivity index (χ2v) is 5.83. The third-order valence-electron chi connectivity index (χ3n) is 3.10. The molecule has 1 heterocycles. The summed E-state index contributed by atoms with van der Waals surface area (Å²) in [4.78, 5) is 3.55. The number of aliphatic hydroxyl groups is 1. The van der Waals surface area contributed by atoms with Gasteiger partial charge in [-0.2, -0.15) is 0 Å². The lowest BCUT2D eigenvalue weighted by molar-refractivity contribution is 0.280. The van der Waals surface area contributed by atoms with Gasteiger partial charge in [-0.15, -0.1) is 11.7 Å². The first kappa shape index (κ1) is 16.6. The van der Waals surface area contributed by atoms with Crippen LogP contribution in [0.5, 0.6) is 0 Å². The molecule has 0 amide bonds. The maximum Gasteiger partial charge on any atom is 0.237 e. The number of rotatable bonds is 6. The van der Waals surface area contributed by atoms with Crippen molar-refractivity contribution in [3.05, 3.63) is 47.7 Å². The summed E-state index contributed by atoms with van der Waals surface area (Å²) < 4.78 is 37.9. The van der Waals surface area contributed by atoms with E-state index in [4.69, 9.17) is 5.73 Å². The second-order valence-electron chi connectivity index (χ2n) is 4.55. The summed E-state index contributed by atoms with van der Waals surface area (Å²) in [7, 11) is 0. The second kappa shape index (κ2) is 6.99. The van der Waals surface area contributed by atoms with E-state index in [-0.39, 0.29) is 6.61 Å². The van der Waals surface area contributed by atoms with E-state index in [0.717, 1.165) is 17.7 Å². The van der Waals surface area contributed by atoms with Gasteiger partial charge in [-0.25, -0.2) is 4.98 Å². The number of anilines is 2. The molecule has 0 radical (unpaired) electrons. The van der Waals surface area contributed by atoms with Gasteiger partial charge in [-0.3, -0.25) is 0 Å². The molecular formula is C14H16F3N3OS. The summed E-state index contributed by atoms with van der Waals surface area (Å²) in [5, 5.41) is 12.3. The Balaban J connectivity index is 2.27. The zero-order valence-electron chi connectivity index (χ0n) is 11.6. The van der Waals surface area contributed by atoms with Crippen LogP contribution in [0.2, 0.25) is 0 Å². The normalized spacial score (nSPS) is 12.2. The Morgan fingerprint density at radius 3 is 2.36 bits per heavy atom. The molecule has 0 fully saturated rings. The quantitative estimate of drug-likeness (QED) is 0.756. The Bertz CT molecular complexity index is 632. The van der Waals surface area contributed by atoms with Crippen LogP contribution in [-0.2, 0) is 13.0 Å². The average Bonchev–Trinajstić information content (AvgIpc) is 2.49. The van der Waals surface area contributed by atoms with Gasteiger partial charge in [-0.05, 0) is 48.9 Å². The number of nitrogens with zero attached hydrogens (tertiary/aromatic N) is 1. The van der Waals surface area contributed by atoms with Crippen molar-refractivity contribution < 1.29 is 16.8 Å². The summed E-state index contributed by atoms with van der Waals surface area (Å²) in [6, 6.07) is 6.48. The molecule has 120 valence electrons. The van der Waals surface area contributed by atoms with E-state index in [0.29, 0.717) is 30.0 Å². The number of benzene rings is 1. The molecule has 4 N–H and O–H groups in total. The third-order valence-corrected chi connectivity index (χ3v) is 3.91. The molecule has 0 aliphatic rings. The zero-order valence-corrected chi connectivity index (χ0v) is 12.4. The van der Waals surface area contributed by atoms with Crippen molar-refractivity contribution in [2.24, 2.45) is 5.73 Å². The van der Waals surface area contributed by atoms with E-state index in [2.05, 4.69) is 10.3 Å². The monoisotopic (exact) mass is 331 g/mol. The maximum absolute atomic E-state index is 12.6. The van der Waals surface area contributed by atoms with E-state index < -0.39 is 16.1 Å². The molecule has 1 aromatic carbocycles. The smallest absolute Gasteiger partial charge is 0.237 e. The van der Waals surface area contributed by atoms with E-state index in [1.807, 2.05) is 0 Å². The van der Waals surface area contributed by atoms with E-state index in [1.54, 1.807) is 6.07 Å². The van der Waals surface area contributed by atoms with Gasteiger partial charge in [0.25, 0.3) is 0 Å². The Morgan fingerprint density at radius 2 is 1.82 bits per heavy atom. The van der Waals surface area contributed by atoms with Gasteiger partial charge in [0.1, 0.15) is 5.82 Å². The van der Waals surface area contributed by atoms with Gasteiger partial charge in [0.05, 0.1) is 11.5 Å². The first-order valence-electron chi connectivity index (χ1n) is 6.52. The predicted octanol–water partition coefficient (Wildman–Crippen LogP) is 3.64. The van der Waals surface area contributed by atoms with Crippen LogP contribution in [0, 0.1) is 0 Å². The summed E-state index contributed by atoms with van der Waals surface area (Å²) in [6.07, 6.45) is 2.04. The molecular weight excluding hydrogens is 315 g/mol. The first-order chi connectivity index (χ1) is 10.5. The van der Waals surface area contributed by atoms with Gasteiger partial charge in [0.15, 0.2) is 0 Å². The van der Waals surface area contributed by atoms with Crippen LogP contribution in [0.25, 0.3) is 0 Å². The summed E-state index contributed by atoms with van der Waals surface area (Å²) in [5.41, 5.74) is 7.50. The molecule has 0 aliphatic carbocycles. The number of aliphatic hydroxyl groups excluding tert-OH is 1. The summed E-state index contributed by atoms with van der Waals surface area (Å²) in [6.45, 7) is 0.229. The van der Waals surface area contributed by atoms with Crippen LogP contribution in [0.3, 0.4) is 0 Å². The van der Waals surface area contributed by atoms with Crippen molar-refractivity contribution in [3.8, 4) is 0 Å². The molecule has 4 nitrogen and oxygen atoms in total. The standard InChI is InChI=1S/C14H16F3N3OS/c15-22(16,17)12-3-1-11(2-4-12)20-14-13(5-7-18)10(9-21)6-8-19-14/h1-4,6,8,21H,5,7,9,18H2,(H,19,20). The Labute approximate surface area is 128 Å².